The van der Waals surface area contributed by atoms with E-state index in [9.17, 15) is 9.59 Å². The van der Waals surface area contributed by atoms with E-state index in [1.807, 2.05) is 48.5 Å². The van der Waals surface area contributed by atoms with Crippen LogP contribution in [-0.4, -0.2) is 43.5 Å². The van der Waals surface area contributed by atoms with Gasteiger partial charge in [0.05, 0.1) is 5.75 Å². The second-order valence-corrected chi connectivity index (χ2v) is 6.91. The molecule has 0 radical (unpaired) electrons. The minimum atomic E-state index is -0.345. The van der Waals surface area contributed by atoms with Gasteiger partial charge in [0.15, 0.2) is 5.69 Å². The van der Waals surface area contributed by atoms with Gasteiger partial charge in [-0.05, 0) is 12.1 Å². The second kappa shape index (κ2) is 7.65. The molecule has 140 valence electrons. The number of benzene rings is 2. The lowest BCUT2D eigenvalue weighted by atomic mass is 10.2. The Labute approximate surface area is 164 Å². The molecule has 2 aromatic carbocycles. The molecule has 0 atom stereocenters. The van der Waals surface area contributed by atoms with Gasteiger partial charge in [-0.15, -0.1) is 10.2 Å². The number of carbonyl (C=O) groups excluding carboxylic acids is 1. The van der Waals surface area contributed by atoms with Crippen molar-refractivity contribution < 1.29 is 4.79 Å². The fraction of sp³-hybridized carbons (Fsp3) is 0.105. The van der Waals surface area contributed by atoms with Gasteiger partial charge in [0.25, 0.3) is 11.3 Å². The Morgan fingerprint density at radius 2 is 1.75 bits per heavy atom. The van der Waals surface area contributed by atoms with Crippen LogP contribution in [0.3, 0.4) is 0 Å². The molecule has 2 heterocycles. The summed E-state index contributed by atoms with van der Waals surface area (Å²) in [6.07, 6.45) is 0. The first kappa shape index (κ1) is 17.9. The molecule has 0 aliphatic carbocycles. The molecule has 0 fully saturated rings. The summed E-state index contributed by atoms with van der Waals surface area (Å²) in [6, 6.07) is 18.5. The molecule has 0 bridgehead atoms. The third kappa shape index (κ3) is 3.52. The predicted octanol–water partition coefficient (Wildman–Crippen LogP) is 2.23. The van der Waals surface area contributed by atoms with Crippen LogP contribution in [0.2, 0.25) is 0 Å². The van der Waals surface area contributed by atoms with Gasteiger partial charge in [-0.3, -0.25) is 14.6 Å². The number of anilines is 1. The van der Waals surface area contributed by atoms with Crippen molar-refractivity contribution in [1.29, 1.82) is 0 Å². The van der Waals surface area contributed by atoms with Gasteiger partial charge in [-0.1, -0.05) is 60.3 Å². The van der Waals surface area contributed by atoms with E-state index in [1.54, 1.807) is 24.1 Å². The first-order chi connectivity index (χ1) is 13.6. The van der Waals surface area contributed by atoms with Crippen LogP contribution in [0.5, 0.6) is 0 Å². The van der Waals surface area contributed by atoms with Gasteiger partial charge in [0.2, 0.25) is 11.1 Å². The number of thioether (sulfide) groups is 1. The van der Waals surface area contributed by atoms with E-state index in [0.717, 1.165) is 5.69 Å². The van der Waals surface area contributed by atoms with Crippen molar-refractivity contribution in [3.05, 3.63) is 71.0 Å². The van der Waals surface area contributed by atoms with Crippen LogP contribution in [0, 0.1) is 0 Å². The molecule has 8 nitrogen and oxygen atoms in total. The van der Waals surface area contributed by atoms with Gasteiger partial charge in [0.1, 0.15) is 0 Å². The van der Waals surface area contributed by atoms with Crippen molar-refractivity contribution in [3.8, 4) is 11.3 Å². The minimum Gasteiger partial charge on any atom is -0.315 e. The second-order valence-electron chi connectivity index (χ2n) is 5.96. The van der Waals surface area contributed by atoms with Crippen LogP contribution < -0.4 is 10.5 Å². The van der Waals surface area contributed by atoms with E-state index in [-0.39, 0.29) is 28.7 Å². The topological polar surface area (TPSA) is 96.2 Å². The number of rotatable bonds is 5. The van der Waals surface area contributed by atoms with Crippen molar-refractivity contribution >= 4 is 29.1 Å². The number of aromatic nitrogens is 5. The number of aromatic amines is 1. The Hall–Kier alpha value is -3.46. The molecule has 0 aliphatic heterocycles. The fourth-order valence-electron chi connectivity index (χ4n) is 2.63. The maximum atomic E-state index is 12.5. The van der Waals surface area contributed by atoms with Crippen LogP contribution >= 0.6 is 11.8 Å². The SMILES string of the molecule is CN(C(=O)CSc1nnc2[nH]c(=O)c(-c3ccccc3)nn12)c1ccccc1. The molecule has 9 heteroatoms. The highest BCUT2D eigenvalue weighted by atomic mass is 32.2. The number of carbonyl (C=O) groups is 1. The summed E-state index contributed by atoms with van der Waals surface area (Å²) >= 11 is 1.21. The van der Waals surface area contributed by atoms with Crippen molar-refractivity contribution in [2.75, 3.05) is 17.7 Å². The molecular weight excluding hydrogens is 376 g/mol. The summed E-state index contributed by atoms with van der Waals surface area (Å²) in [5.74, 6) is 0.310. The van der Waals surface area contributed by atoms with E-state index in [1.165, 1.54) is 16.3 Å². The molecule has 0 aliphatic rings. The molecule has 1 amide bonds. The molecule has 0 saturated heterocycles. The Bertz CT molecular complexity index is 1170. The summed E-state index contributed by atoms with van der Waals surface area (Å²) in [4.78, 5) is 29.0. The van der Waals surface area contributed by atoms with Crippen molar-refractivity contribution in [2.45, 2.75) is 5.16 Å². The number of nitrogens with zero attached hydrogens (tertiary/aromatic N) is 5. The fourth-order valence-corrected chi connectivity index (χ4v) is 3.43. The molecule has 2 aromatic heterocycles. The van der Waals surface area contributed by atoms with Crippen LogP contribution in [0.25, 0.3) is 17.0 Å². The smallest absolute Gasteiger partial charge is 0.279 e. The highest BCUT2D eigenvalue weighted by molar-refractivity contribution is 7.99. The summed E-state index contributed by atoms with van der Waals surface area (Å²) in [7, 11) is 1.73. The summed E-state index contributed by atoms with van der Waals surface area (Å²) < 4.78 is 1.45. The largest absolute Gasteiger partial charge is 0.315 e. The minimum absolute atomic E-state index is 0.0827. The quantitative estimate of drug-likeness (QED) is 0.523. The molecule has 4 aromatic rings. The van der Waals surface area contributed by atoms with E-state index in [4.69, 9.17) is 0 Å². The van der Waals surface area contributed by atoms with Crippen LogP contribution in [0.15, 0.2) is 70.6 Å². The van der Waals surface area contributed by atoms with Gasteiger partial charge in [0, 0.05) is 18.3 Å². The normalized spacial score (nSPS) is 10.9. The molecular formula is C19H16N6O2S. The van der Waals surface area contributed by atoms with E-state index in [0.29, 0.717) is 10.7 Å². The maximum Gasteiger partial charge on any atom is 0.279 e. The van der Waals surface area contributed by atoms with Crippen molar-refractivity contribution in [1.82, 2.24) is 24.8 Å². The Morgan fingerprint density at radius 3 is 2.46 bits per heavy atom. The number of fused-ring (bicyclic) bond motifs is 1. The van der Waals surface area contributed by atoms with Crippen LogP contribution in [-0.2, 0) is 4.79 Å². The predicted molar refractivity (Wildman–Crippen MR) is 107 cm³/mol. The Morgan fingerprint density at radius 1 is 1.07 bits per heavy atom. The van der Waals surface area contributed by atoms with Crippen LogP contribution in [0.4, 0.5) is 5.69 Å². The zero-order valence-corrected chi connectivity index (χ0v) is 15.8. The molecule has 4 rings (SSSR count). The lowest BCUT2D eigenvalue weighted by molar-refractivity contribution is -0.115. The van der Waals surface area contributed by atoms with Gasteiger partial charge < -0.3 is 4.90 Å². The Balaban J connectivity index is 1.58. The molecule has 0 unspecified atom stereocenters. The average Bonchev–Trinajstić information content (AvgIpc) is 3.13. The number of nitrogens with one attached hydrogen (secondary N) is 1. The van der Waals surface area contributed by atoms with Crippen molar-refractivity contribution in [3.63, 3.8) is 0 Å². The number of H-pyrrole nitrogens is 1. The first-order valence-corrected chi connectivity index (χ1v) is 9.47. The number of amides is 1. The molecule has 28 heavy (non-hydrogen) atoms. The summed E-state index contributed by atoms with van der Waals surface area (Å²) in [5.41, 5.74) is 1.42. The third-order valence-corrected chi connectivity index (χ3v) is 5.05. The monoisotopic (exact) mass is 392 g/mol. The van der Waals surface area contributed by atoms with E-state index >= 15 is 0 Å². The molecule has 0 saturated carbocycles. The van der Waals surface area contributed by atoms with E-state index in [2.05, 4.69) is 20.3 Å². The van der Waals surface area contributed by atoms with Gasteiger partial charge in [-0.2, -0.15) is 9.61 Å². The zero-order valence-electron chi connectivity index (χ0n) is 14.9. The maximum absolute atomic E-state index is 12.5. The van der Waals surface area contributed by atoms with Crippen LogP contribution in [0.1, 0.15) is 0 Å². The lowest BCUT2D eigenvalue weighted by Gasteiger charge is -2.16. The van der Waals surface area contributed by atoms with Gasteiger partial charge >= 0.3 is 0 Å². The molecule has 1 N–H and O–H groups in total. The lowest BCUT2D eigenvalue weighted by Crippen LogP contribution is -2.27. The molecule has 0 spiro atoms. The van der Waals surface area contributed by atoms with Crippen molar-refractivity contribution in [2.24, 2.45) is 0 Å². The number of hydrogen-bond donors (Lipinski definition) is 1. The average molecular weight is 392 g/mol. The van der Waals surface area contributed by atoms with E-state index < -0.39 is 0 Å². The summed E-state index contributed by atoms with van der Waals surface area (Å²) in [5, 5.41) is 12.8. The Kier molecular flexibility index (Phi) is 4.90. The summed E-state index contributed by atoms with van der Waals surface area (Å²) in [6.45, 7) is 0. The highest BCUT2D eigenvalue weighted by Crippen LogP contribution is 2.19. The zero-order chi connectivity index (χ0) is 19.5. The highest BCUT2D eigenvalue weighted by Gasteiger charge is 2.16. The number of para-hydroxylation sites is 1. The number of hydrogen-bond acceptors (Lipinski definition) is 6. The first-order valence-electron chi connectivity index (χ1n) is 8.49. The van der Waals surface area contributed by atoms with Gasteiger partial charge in [-0.25, -0.2) is 0 Å². The standard InChI is InChI=1S/C19H16N6O2S/c1-24(14-10-6-3-7-11-14)15(26)12-28-19-22-21-18-20-17(27)16(23-25(18)19)13-8-4-2-5-9-13/h2-11H,12H2,1H3,(H,20,21,27). The third-order valence-electron chi connectivity index (χ3n) is 4.14.